The fourth-order valence-electron chi connectivity index (χ4n) is 3.64. The van der Waals surface area contributed by atoms with Crippen molar-refractivity contribution in [1.29, 1.82) is 0 Å². The van der Waals surface area contributed by atoms with Crippen molar-refractivity contribution in [1.82, 2.24) is 15.5 Å². The van der Waals surface area contributed by atoms with Gasteiger partial charge in [0.25, 0.3) is 0 Å². The van der Waals surface area contributed by atoms with Gasteiger partial charge in [-0.2, -0.15) is 0 Å². The maximum Gasteiger partial charge on any atom is 0.227 e. The molecule has 3 rings (SSSR count). The van der Waals surface area contributed by atoms with Crippen molar-refractivity contribution >= 4 is 5.91 Å². The minimum absolute atomic E-state index is 0.0227. The summed E-state index contributed by atoms with van der Waals surface area (Å²) in [5, 5.41) is 6.43. The second kappa shape index (κ2) is 5.15. The molecule has 0 spiro atoms. The van der Waals surface area contributed by atoms with E-state index in [1.807, 2.05) is 7.05 Å². The average Bonchev–Trinajstić information content (AvgIpc) is 3.04. The number of rotatable bonds is 3. The first-order valence-electron chi connectivity index (χ1n) is 7.09. The van der Waals surface area contributed by atoms with Gasteiger partial charge in [0, 0.05) is 24.7 Å². The molecule has 4 unspecified atom stereocenters. The van der Waals surface area contributed by atoms with Crippen LogP contribution in [0.1, 0.15) is 19.3 Å². The molecule has 2 N–H and O–H groups in total. The first-order chi connectivity index (χ1) is 8.79. The molecule has 3 aliphatic heterocycles. The Bertz CT molecular complexity index is 323. The van der Waals surface area contributed by atoms with Crippen molar-refractivity contribution in [3.8, 4) is 0 Å². The highest BCUT2D eigenvalue weighted by Gasteiger charge is 2.40. The summed E-state index contributed by atoms with van der Waals surface area (Å²) in [6.45, 7) is 3.56. The summed E-state index contributed by atoms with van der Waals surface area (Å²) in [5.41, 5.74) is 0. The van der Waals surface area contributed by atoms with Crippen molar-refractivity contribution in [3.63, 3.8) is 0 Å². The maximum atomic E-state index is 12.3. The summed E-state index contributed by atoms with van der Waals surface area (Å²) in [5.74, 6) is 0.149. The van der Waals surface area contributed by atoms with Crippen LogP contribution in [0.15, 0.2) is 0 Å². The predicted octanol–water partition coefficient (Wildman–Crippen LogP) is -0.426. The first-order valence-corrected chi connectivity index (χ1v) is 7.09. The van der Waals surface area contributed by atoms with Crippen molar-refractivity contribution in [2.45, 2.75) is 37.4 Å². The van der Waals surface area contributed by atoms with Gasteiger partial charge in [-0.3, -0.25) is 9.69 Å². The molecule has 3 saturated heterocycles. The quantitative estimate of drug-likeness (QED) is 0.717. The Balaban J connectivity index is 1.57. The Morgan fingerprint density at radius 1 is 1.22 bits per heavy atom. The van der Waals surface area contributed by atoms with Crippen LogP contribution in [0, 0.1) is 5.92 Å². The van der Waals surface area contributed by atoms with Crippen LogP contribution in [0.2, 0.25) is 0 Å². The number of likely N-dealkylation sites (N-methyl/N-ethyl adjacent to an activating group) is 1. The van der Waals surface area contributed by atoms with Crippen LogP contribution in [-0.2, 0) is 9.53 Å². The number of nitrogens with one attached hydrogen (secondary N) is 2. The van der Waals surface area contributed by atoms with Crippen molar-refractivity contribution in [2.75, 3.05) is 33.4 Å². The van der Waals surface area contributed by atoms with E-state index in [1.54, 1.807) is 0 Å². The zero-order chi connectivity index (χ0) is 12.5. The third-order valence-electron chi connectivity index (χ3n) is 4.72. The zero-order valence-corrected chi connectivity index (χ0v) is 11.0. The summed E-state index contributed by atoms with van der Waals surface area (Å²) in [7, 11) is 1.90. The Morgan fingerprint density at radius 3 is 2.94 bits per heavy atom. The summed E-state index contributed by atoms with van der Waals surface area (Å²) in [4.78, 5) is 14.8. The van der Waals surface area contributed by atoms with Crippen LogP contribution in [-0.4, -0.2) is 62.3 Å². The van der Waals surface area contributed by atoms with Gasteiger partial charge in [-0.15, -0.1) is 0 Å². The van der Waals surface area contributed by atoms with Crippen LogP contribution in [0.25, 0.3) is 0 Å². The fraction of sp³-hybridized carbons (Fsp3) is 0.923. The van der Waals surface area contributed by atoms with Gasteiger partial charge in [0.2, 0.25) is 5.91 Å². The topological polar surface area (TPSA) is 53.6 Å². The summed E-state index contributed by atoms with van der Waals surface area (Å²) >= 11 is 0. The molecule has 5 nitrogen and oxygen atoms in total. The Hall–Kier alpha value is -0.650. The molecule has 0 aromatic carbocycles. The number of ether oxygens (including phenoxy) is 1. The molecule has 0 bridgehead atoms. The molecule has 0 aromatic rings. The average molecular weight is 253 g/mol. The Morgan fingerprint density at radius 2 is 2.11 bits per heavy atom. The van der Waals surface area contributed by atoms with Gasteiger partial charge in [-0.1, -0.05) is 0 Å². The summed E-state index contributed by atoms with van der Waals surface area (Å²) in [6.07, 6.45) is 3.62. The summed E-state index contributed by atoms with van der Waals surface area (Å²) < 4.78 is 5.40. The molecule has 0 aliphatic carbocycles. The number of carbonyl (C=O) groups excluding carboxylic acids is 1. The normalized spacial score (nSPS) is 40.1. The van der Waals surface area contributed by atoms with Gasteiger partial charge in [-0.05, 0) is 32.9 Å². The number of hydrogen-bond donors (Lipinski definition) is 2. The molecule has 102 valence electrons. The highest BCUT2D eigenvalue weighted by molar-refractivity contribution is 5.80. The third-order valence-corrected chi connectivity index (χ3v) is 4.72. The molecule has 0 radical (unpaired) electrons. The standard InChI is InChI=1S/C13H23N3O2/c1-14-11-8-18-7-9(11)13(17)15-10-4-6-16-5-2-3-12(10)16/h9-12,14H,2-8H2,1H3,(H,15,17). The predicted molar refractivity (Wildman–Crippen MR) is 68.3 cm³/mol. The van der Waals surface area contributed by atoms with E-state index in [1.165, 1.54) is 19.4 Å². The molecular weight excluding hydrogens is 230 g/mol. The lowest BCUT2D eigenvalue weighted by Crippen LogP contribution is -2.49. The molecule has 0 aromatic heterocycles. The lowest BCUT2D eigenvalue weighted by atomic mass is 10.0. The van der Waals surface area contributed by atoms with Crippen LogP contribution >= 0.6 is 0 Å². The zero-order valence-electron chi connectivity index (χ0n) is 11.0. The SMILES string of the molecule is CNC1COCC1C(=O)NC1CCN2CCCC12. The van der Waals surface area contributed by atoms with Gasteiger partial charge in [0.15, 0.2) is 0 Å². The van der Waals surface area contributed by atoms with Gasteiger partial charge < -0.3 is 15.4 Å². The van der Waals surface area contributed by atoms with Crippen molar-refractivity contribution in [2.24, 2.45) is 5.92 Å². The third kappa shape index (κ3) is 2.15. The molecule has 4 atom stereocenters. The van der Waals surface area contributed by atoms with Crippen LogP contribution < -0.4 is 10.6 Å². The minimum atomic E-state index is -0.0227. The van der Waals surface area contributed by atoms with Gasteiger partial charge in [0.1, 0.15) is 0 Å². The molecular formula is C13H23N3O2. The van der Waals surface area contributed by atoms with E-state index in [9.17, 15) is 4.79 Å². The molecule has 3 heterocycles. The van der Waals surface area contributed by atoms with Crippen molar-refractivity contribution in [3.05, 3.63) is 0 Å². The number of nitrogens with zero attached hydrogens (tertiary/aromatic N) is 1. The van der Waals surface area contributed by atoms with Crippen molar-refractivity contribution < 1.29 is 9.53 Å². The van der Waals surface area contributed by atoms with E-state index >= 15 is 0 Å². The highest BCUT2D eigenvalue weighted by Crippen LogP contribution is 2.28. The van der Waals surface area contributed by atoms with Gasteiger partial charge in [-0.25, -0.2) is 0 Å². The highest BCUT2D eigenvalue weighted by atomic mass is 16.5. The molecule has 0 saturated carbocycles. The Kier molecular flexibility index (Phi) is 3.54. The second-order valence-corrected chi connectivity index (χ2v) is 5.69. The van der Waals surface area contributed by atoms with E-state index in [2.05, 4.69) is 15.5 Å². The Labute approximate surface area is 108 Å². The van der Waals surface area contributed by atoms with Crippen LogP contribution in [0.3, 0.4) is 0 Å². The van der Waals surface area contributed by atoms with Gasteiger partial charge >= 0.3 is 0 Å². The maximum absolute atomic E-state index is 12.3. The molecule has 18 heavy (non-hydrogen) atoms. The van der Waals surface area contributed by atoms with E-state index in [0.717, 1.165) is 13.0 Å². The minimum Gasteiger partial charge on any atom is -0.379 e. The second-order valence-electron chi connectivity index (χ2n) is 5.69. The fourth-order valence-corrected chi connectivity index (χ4v) is 3.64. The van der Waals surface area contributed by atoms with Gasteiger partial charge in [0.05, 0.1) is 19.1 Å². The van der Waals surface area contributed by atoms with Crippen LogP contribution in [0.5, 0.6) is 0 Å². The molecule has 1 amide bonds. The molecule has 3 fully saturated rings. The summed E-state index contributed by atoms with van der Waals surface area (Å²) in [6, 6.07) is 1.12. The van der Waals surface area contributed by atoms with E-state index in [4.69, 9.17) is 4.74 Å². The molecule has 5 heteroatoms. The first kappa shape index (κ1) is 12.4. The lowest BCUT2D eigenvalue weighted by molar-refractivity contribution is -0.126. The largest absolute Gasteiger partial charge is 0.379 e. The number of amides is 1. The number of hydrogen-bond acceptors (Lipinski definition) is 4. The van der Waals surface area contributed by atoms with E-state index < -0.39 is 0 Å². The van der Waals surface area contributed by atoms with E-state index in [-0.39, 0.29) is 17.9 Å². The molecule has 3 aliphatic rings. The number of carbonyl (C=O) groups is 1. The van der Waals surface area contributed by atoms with Crippen LogP contribution in [0.4, 0.5) is 0 Å². The monoisotopic (exact) mass is 253 g/mol. The lowest BCUT2D eigenvalue weighted by Gasteiger charge is -2.24. The van der Waals surface area contributed by atoms with E-state index in [0.29, 0.717) is 25.3 Å². The smallest absolute Gasteiger partial charge is 0.227 e. The number of fused-ring (bicyclic) bond motifs is 1.